The maximum Gasteiger partial charge on any atom is 0.123 e. The number of hydrogen-bond donors (Lipinski definition) is 0. The fourth-order valence-electron chi connectivity index (χ4n) is 5.27. The molecular formula is C23H28BrCl2FN2O. The summed E-state index contributed by atoms with van der Waals surface area (Å²) in [6, 6.07) is 14.1. The Bertz CT molecular complexity index is 851. The van der Waals surface area contributed by atoms with Crippen LogP contribution in [0.3, 0.4) is 0 Å². The molecule has 0 atom stereocenters. The van der Waals surface area contributed by atoms with Crippen LogP contribution in [0, 0.1) is 5.82 Å². The smallest absolute Gasteiger partial charge is 0.123 e. The standard InChI is InChI=1S/C23H26BrFN2O.2ClH/c24-22-3-1-2-21-20(22)16-28-23(21)10-8-19(9-11-23)27-14-12-26(13-15-27)18-6-4-17(25)5-7-18;;/h1-7,19H,8-16H2;2*1H. The van der Waals surface area contributed by atoms with Crippen LogP contribution in [0.25, 0.3) is 0 Å². The molecule has 30 heavy (non-hydrogen) atoms. The summed E-state index contributed by atoms with van der Waals surface area (Å²) in [5.74, 6) is -0.166. The average molecular weight is 518 g/mol. The van der Waals surface area contributed by atoms with Crippen LogP contribution in [0.15, 0.2) is 46.9 Å². The van der Waals surface area contributed by atoms with E-state index in [9.17, 15) is 4.39 Å². The lowest BCUT2D eigenvalue weighted by molar-refractivity contribution is -0.0777. The highest BCUT2D eigenvalue weighted by Crippen LogP contribution is 2.49. The summed E-state index contributed by atoms with van der Waals surface area (Å²) in [5.41, 5.74) is 3.81. The molecule has 3 nitrogen and oxygen atoms in total. The van der Waals surface area contributed by atoms with Gasteiger partial charge in [0.1, 0.15) is 5.82 Å². The summed E-state index contributed by atoms with van der Waals surface area (Å²) in [5, 5.41) is 0. The van der Waals surface area contributed by atoms with Gasteiger partial charge in [-0.1, -0.05) is 28.1 Å². The average Bonchev–Trinajstić information content (AvgIpc) is 3.09. The minimum absolute atomic E-state index is 0. The topological polar surface area (TPSA) is 15.7 Å². The molecule has 0 radical (unpaired) electrons. The molecule has 0 unspecified atom stereocenters. The highest BCUT2D eigenvalue weighted by Gasteiger charge is 2.44. The zero-order chi connectivity index (χ0) is 19.1. The van der Waals surface area contributed by atoms with Crippen LogP contribution < -0.4 is 4.90 Å². The van der Waals surface area contributed by atoms with Crippen LogP contribution >= 0.6 is 40.7 Å². The molecule has 164 valence electrons. The Morgan fingerprint density at radius 1 is 0.933 bits per heavy atom. The molecule has 5 rings (SSSR count). The molecule has 2 aromatic rings. The van der Waals surface area contributed by atoms with Gasteiger partial charge in [-0.05, 0) is 67.1 Å². The van der Waals surface area contributed by atoms with Gasteiger partial charge in [0.15, 0.2) is 0 Å². The molecule has 2 heterocycles. The Morgan fingerprint density at radius 3 is 2.27 bits per heavy atom. The van der Waals surface area contributed by atoms with Gasteiger partial charge in [0.2, 0.25) is 0 Å². The first kappa shape index (κ1) is 23.8. The molecule has 0 aromatic heterocycles. The van der Waals surface area contributed by atoms with Crippen molar-refractivity contribution in [1.29, 1.82) is 0 Å². The quantitative estimate of drug-likeness (QED) is 0.491. The largest absolute Gasteiger partial charge is 0.369 e. The fraction of sp³-hybridized carbons (Fsp3) is 0.478. The number of benzene rings is 2. The molecule has 1 spiro atoms. The number of nitrogens with zero attached hydrogens (tertiary/aromatic N) is 2. The van der Waals surface area contributed by atoms with Gasteiger partial charge in [-0.15, -0.1) is 24.8 Å². The predicted molar refractivity (Wildman–Crippen MR) is 128 cm³/mol. The van der Waals surface area contributed by atoms with E-state index < -0.39 is 0 Å². The summed E-state index contributed by atoms with van der Waals surface area (Å²) >= 11 is 3.69. The third kappa shape index (κ3) is 4.37. The van der Waals surface area contributed by atoms with Gasteiger partial charge in [-0.25, -0.2) is 4.39 Å². The number of fused-ring (bicyclic) bond motifs is 2. The number of hydrogen-bond acceptors (Lipinski definition) is 3. The van der Waals surface area contributed by atoms with E-state index in [-0.39, 0.29) is 36.2 Å². The van der Waals surface area contributed by atoms with Gasteiger partial charge in [-0.3, -0.25) is 4.90 Å². The van der Waals surface area contributed by atoms with Crippen molar-refractivity contribution in [3.05, 3.63) is 63.9 Å². The lowest BCUT2D eigenvalue weighted by Gasteiger charge is -2.45. The first-order valence-electron chi connectivity index (χ1n) is 10.3. The molecule has 0 amide bonds. The second kappa shape index (κ2) is 9.74. The molecule has 1 aliphatic carbocycles. The Morgan fingerprint density at radius 2 is 1.60 bits per heavy atom. The number of ether oxygens (including phenoxy) is 1. The molecule has 3 aliphatic rings. The Kier molecular flexibility index (Phi) is 7.73. The van der Waals surface area contributed by atoms with E-state index in [0.717, 1.165) is 51.3 Å². The monoisotopic (exact) mass is 516 g/mol. The molecule has 1 saturated carbocycles. The van der Waals surface area contributed by atoms with Crippen molar-refractivity contribution in [3.63, 3.8) is 0 Å². The van der Waals surface area contributed by atoms with Crippen LogP contribution in [0.5, 0.6) is 0 Å². The van der Waals surface area contributed by atoms with Gasteiger partial charge < -0.3 is 9.64 Å². The molecule has 2 aromatic carbocycles. The Hall–Kier alpha value is -0.850. The first-order valence-corrected chi connectivity index (χ1v) is 11.1. The summed E-state index contributed by atoms with van der Waals surface area (Å²) in [6.45, 7) is 4.92. The zero-order valence-electron chi connectivity index (χ0n) is 16.9. The van der Waals surface area contributed by atoms with Crippen molar-refractivity contribution in [1.82, 2.24) is 4.90 Å². The maximum absolute atomic E-state index is 13.2. The van der Waals surface area contributed by atoms with Crippen LogP contribution in [0.4, 0.5) is 10.1 Å². The highest BCUT2D eigenvalue weighted by atomic mass is 79.9. The summed E-state index contributed by atoms with van der Waals surface area (Å²) in [6.07, 6.45) is 4.61. The van der Waals surface area contributed by atoms with E-state index in [2.05, 4.69) is 43.9 Å². The van der Waals surface area contributed by atoms with Crippen LogP contribution in [-0.4, -0.2) is 37.1 Å². The fourth-order valence-corrected chi connectivity index (χ4v) is 5.75. The number of piperazine rings is 1. The maximum atomic E-state index is 13.2. The van der Waals surface area contributed by atoms with Crippen molar-refractivity contribution in [2.24, 2.45) is 0 Å². The normalized spacial score (nSPS) is 26.1. The minimum atomic E-state index is -0.166. The summed E-state index contributed by atoms with van der Waals surface area (Å²) in [7, 11) is 0. The van der Waals surface area contributed by atoms with Gasteiger partial charge in [0.25, 0.3) is 0 Å². The van der Waals surface area contributed by atoms with E-state index in [1.165, 1.54) is 28.4 Å². The Balaban J connectivity index is 0.00000128. The van der Waals surface area contributed by atoms with Crippen molar-refractivity contribution < 1.29 is 9.13 Å². The van der Waals surface area contributed by atoms with Gasteiger partial charge in [0.05, 0.1) is 12.2 Å². The van der Waals surface area contributed by atoms with Crippen molar-refractivity contribution >= 4 is 46.4 Å². The number of halogens is 4. The number of rotatable bonds is 2. The molecule has 7 heteroatoms. The first-order chi connectivity index (χ1) is 13.6. The number of anilines is 1. The molecule has 2 aliphatic heterocycles. The van der Waals surface area contributed by atoms with E-state index >= 15 is 0 Å². The molecule has 2 fully saturated rings. The van der Waals surface area contributed by atoms with Crippen molar-refractivity contribution in [2.45, 2.75) is 43.9 Å². The highest BCUT2D eigenvalue weighted by molar-refractivity contribution is 9.10. The second-order valence-corrected chi connectivity index (χ2v) is 9.13. The third-order valence-electron chi connectivity index (χ3n) is 6.89. The van der Waals surface area contributed by atoms with E-state index in [1.807, 2.05) is 12.1 Å². The van der Waals surface area contributed by atoms with Crippen molar-refractivity contribution in [2.75, 3.05) is 31.1 Å². The van der Waals surface area contributed by atoms with Gasteiger partial charge >= 0.3 is 0 Å². The van der Waals surface area contributed by atoms with Gasteiger partial charge in [-0.2, -0.15) is 0 Å². The molecule has 1 saturated heterocycles. The zero-order valence-corrected chi connectivity index (χ0v) is 20.1. The van der Waals surface area contributed by atoms with E-state index in [1.54, 1.807) is 12.1 Å². The predicted octanol–water partition coefficient (Wildman–Crippen LogP) is 5.92. The third-order valence-corrected chi connectivity index (χ3v) is 7.63. The molecular weight excluding hydrogens is 490 g/mol. The van der Waals surface area contributed by atoms with Crippen LogP contribution in [0.2, 0.25) is 0 Å². The summed E-state index contributed by atoms with van der Waals surface area (Å²) < 4.78 is 20.7. The lowest BCUT2D eigenvalue weighted by atomic mass is 9.77. The second-order valence-electron chi connectivity index (χ2n) is 8.28. The van der Waals surface area contributed by atoms with Gasteiger partial charge in [0, 0.05) is 42.4 Å². The van der Waals surface area contributed by atoms with E-state index in [4.69, 9.17) is 4.74 Å². The SMILES string of the molecule is Cl.Cl.Fc1ccc(N2CCN(C3CCC4(CC3)OCc3c(Br)cccc34)CC2)cc1. The molecule has 0 N–H and O–H groups in total. The lowest BCUT2D eigenvalue weighted by Crippen LogP contribution is -2.52. The summed E-state index contributed by atoms with van der Waals surface area (Å²) in [4.78, 5) is 5.03. The molecule has 0 bridgehead atoms. The van der Waals surface area contributed by atoms with Crippen molar-refractivity contribution in [3.8, 4) is 0 Å². The van der Waals surface area contributed by atoms with Crippen LogP contribution in [-0.2, 0) is 16.9 Å². The Labute approximate surface area is 198 Å². The van der Waals surface area contributed by atoms with E-state index in [0.29, 0.717) is 6.04 Å². The van der Waals surface area contributed by atoms with Crippen LogP contribution in [0.1, 0.15) is 36.8 Å². The minimum Gasteiger partial charge on any atom is -0.369 e.